The van der Waals surface area contributed by atoms with Gasteiger partial charge in [-0.1, -0.05) is 54.1 Å². The second-order valence-electron chi connectivity index (χ2n) is 16.2. The maximum absolute atomic E-state index is 9.19. The molecule has 0 atom stereocenters. The average molecular weight is 887 g/mol. The summed E-state index contributed by atoms with van der Waals surface area (Å²) < 4.78 is 6.41. The van der Waals surface area contributed by atoms with Crippen LogP contribution < -0.4 is 4.74 Å². The second kappa shape index (κ2) is 18.6. The molecule has 0 radical (unpaired) electrons. The van der Waals surface area contributed by atoms with E-state index in [1.165, 1.54) is 52.0 Å². The number of aliphatic hydroxyl groups excluding tert-OH is 1. The molecule has 0 amide bonds. The van der Waals surface area contributed by atoms with E-state index in [1.807, 2.05) is 11.3 Å². The third-order valence-electron chi connectivity index (χ3n) is 11.4. The van der Waals surface area contributed by atoms with Crippen molar-refractivity contribution < 1.29 is 9.84 Å². The summed E-state index contributed by atoms with van der Waals surface area (Å²) in [6, 6.07) is 1.41. The summed E-state index contributed by atoms with van der Waals surface area (Å²) in [6.45, 7) is 9.22. The van der Waals surface area contributed by atoms with Crippen molar-refractivity contribution in [1.29, 1.82) is 0 Å². The molecule has 2 fully saturated rings. The van der Waals surface area contributed by atoms with Crippen LogP contribution >= 0.6 is 58.3 Å². The number of thiophene rings is 2. The molecule has 4 aromatic rings. The van der Waals surface area contributed by atoms with Crippen molar-refractivity contribution in [2.45, 2.75) is 155 Å². The largest absolute Gasteiger partial charge is 0.474 e. The van der Waals surface area contributed by atoms with Crippen molar-refractivity contribution in [2.24, 2.45) is 0 Å². The molecule has 292 valence electrons. The van der Waals surface area contributed by atoms with Crippen LogP contribution in [0.15, 0.2) is 12.7 Å². The molecule has 0 saturated heterocycles. The number of rotatable bonds is 4. The first-order chi connectivity index (χ1) is 23.2. The number of hydrogen-bond acceptors (Lipinski definition) is 10. The smallest absolute Gasteiger partial charge is 0.225 e. The number of aromatic nitrogens is 4. The van der Waals surface area contributed by atoms with Gasteiger partial charge in [-0.2, -0.15) is 0 Å². The van der Waals surface area contributed by atoms with E-state index >= 15 is 0 Å². The molecule has 0 spiro atoms. The standard InChI is InChI=1S/C19H27N3OS.C11H11ClN2S.C8H17NO.2CH4.HI/c1-19(2)10-9-14-16(19)15-17(20-11-21-18(15)24-14)23-13-7-5-12(6-8-13)22(3)4;1-11(2)4-3-6-8(11)7-9(12)13-5-14-10(7)15-6;1-9(2)7-3-5-8(10)6-4-7;;;/h11-13H,5-10H2,1-4H3;5H,3-4H2,1-2H3;7-8,10H,3-6H2,1-2H3;2*1H4;1H. The zero-order chi connectivity index (χ0) is 35.1. The summed E-state index contributed by atoms with van der Waals surface area (Å²) in [6.07, 6.45) is 17.2. The van der Waals surface area contributed by atoms with E-state index in [1.54, 1.807) is 24.0 Å². The highest BCUT2D eigenvalue weighted by atomic mass is 127. The summed E-state index contributed by atoms with van der Waals surface area (Å²) >= 11 is 9.76. The molecule has 8 nitrogen and oxygen atoms in total. The van der Waals surface area contributed by atoms with Crippen molar-refractivity contribution in [3.05, 3.63) is 38.7 Å². The predicted molar refractivity (Wildman–Crippen MR) is 234 cm³/mol. The van der Waals surface area contributed by atoms with Gasteiger partial charge in [-0.25, -0.2) is 19.9 Å². The van der Waals surface area contributed by atoms with Crippen molar-refractivity contribution in [2.75, 3.05) is 28.2 Å². The minimum Gasteiger partial charge on any atom is -0.474 e. The Balaban J connectivity index is 0.000000224. The number of fused-ring (bicyclic) bond motifs is 6. The van der Waals surface area contributed by atoms with Gasteiger partial charge in [-0.05, 0) is 127 Å². The monoisotopic (exact) mass is 886 g/mol. The van der Waals surface area contributed by atoms with E-state index in [0.717, 1.165) is 72.3 Å². The van der Waals surface area contributed by atoms with E-state index in [4.69, 9.17) is 16.3 Å². The van der Waals surface area contributed by atoms with Gasteiger partial charge in [0, 0.05) is 21.8 Å². The first kappa shape index (κ1) is 45.2. The van der Waals surface area contributed by atoms with Gasteiger partial charge in [0.25, 0.3) is 0 Å². The number of ether oxygens (including phenoxy) is 1. The third-order valence-corrected chi connectivity index (χ3v) is 14.0. The maximum Gasteiger partial charge on any atom is 0.225 e. The molecule has 0 aliphatic heterocycles. The van der Waals surface area contributed by atoms with Crippen molar-refractivity contribution in [1.82, 2.24) is 29.7 Å². The molecular weight excluding hydrogens is 823 g/mol. The number of hydrogen-bond donors (Lipinski definition) is 1. The highest BCUT2D eigenvalue weighted by Gasteiger charge is 2.37. The Bertz CT molecular complexity index is 1740. The fraction of sp³-hybridized carbons (Fsp3) is 0.700. The molecule has 8 rings (SSSR count). The molecule has 0 bridgehead atoms. The SMILES string of the molecule is C.C.CC1(C)CCc2sc3ncnc(Cl)c3c21.CN(C)C1CCC(O)CC1.CN(C)C1CCC(Oc2ncnc3sc4c(c23)C(C)(C)CC4)CC1.I. The van der Waals surface area contributed by atoms with Gasteiger partial charge < -0.3 is 19.6 Å². The zero-order valence-electron chi connectivity index (χ0n) is 31.1. The Morgan fingerprint density at radius 2 is 1.13 bits per heavy atom. The first-order valence-electron chi connectivity index (χ1n) is 18.1. The van der Waals surface area contributed by atoms with Crippen LogP contribution in [0.5, 0.6) is 5.88 Å². The molecule has 4 aromatic heterocycles. The van der Waals surface area contributed by atoms with Gasteiger partial charge in [0.1, 0.15) is 33.6 Å². The van der Waals surface area contributed by atoms with Gasteiger partial charge >= 0.3 is 0 Å². The number of aryl methyl sites for hydroxylation is 2. The summed E-state index contributed by atoms with van der Waals surface area (Å²) in [5.41, 5.74) is 3.26. The van der Waals surface area contributed by atoms with Gasteiger partial charge in [0.2, 0.25) is 5.88 Å². The first-order valence-corrected chi connectivity index (χ1v) is 20.1. The molecule has 4 aliphatic rings. The van der Waals surface area contributed by atoms with Crippen LogP contribution in [-0.2, 0) is 23.7 Å². The van der Waals surface area contributed by atoms with E-state index in [9.17, 15) is 5.11 Å². The van der Waals surface area contributed by atoms with E-state index in [0.29, 0.717) is 23.3 Å². The van der Waals surface area contributed by atoms with Crippen molar-refractivity contribution >= 4 is 78.7 Å². The topological polar surface area (TPSA) is 87.5 Å². The lowest BCUT2D eigenvalue weighted by Crippen LogP contribution is -2.35. The Hall–Kier alpha value is -1.22. The van der Waals surface area contributed by atoms with Crippen LogP contribution in [0.4, 0.5) is 0 Å². The highest BCUT2D eigenvalue weighted by Crippen LogP contribution is 2.50. The zero-order valence-corrected chi connectivity index (χ0v) is 35.8. The number of aliphatic hydroxyl groups is 1. The minimum atomic E-state index is -0.0174. The van der Waals surface area contributed by atoms with Crippen LogP contribution in [0.3, 0.4) is 0 Å². The quantitative estimate of drug-likeness (QED) is 0.160. The Kier molecular flexibility index (Phi) is 16.2. The average Bonchev–Trinajstić information content (AvgIpc) is 3.79. The number of halogens is 2. The lowest BCUT2D eigenvalue weighted by atomic mass is 9.86. The van der Waals surface area contributed by atoms with Gasteiger partial charge in [-0.15, -0.1) is 46.7 Å². The summed E-state index contributed by atoms with van der Waals surface area (Å²) in [5.74, 6) is 0.820. The molecule has 0 aromatic carbocycles. The van der Waals surface area contributed by atoms with E-state index in [2.05, 4.69) is 85.6 Å². The molecule has 4 aliphatic carbocycles. The maximum atomic E-state index is 9.19. The van der Waals surface area contributed by atoms with Crippen LogP contribution in [0.25, 0.3) is 20.4 Å². The molecule has 12 heteroatoms. The number of nitrogens with zero attached hydrogens (tertiary/aromatic N) is 6. The summed E-state index contributed by atoms with van der Waals surface area (Å²) in [5, 5.41) is 12.1. The molecule has 1 N–H and O–H groups in total. The summed E-state index contributed by atoms with van der Waals surface area (Å²) in [7, 11) is 8.58. The van der Waals surface area contributed by atoms with Crippen LogP contribution in [0, 0.1) is 0 Å². The third kappa shape index (κ3) is 9.77. The lowest BCUT2D eigenvalue weighted by molar-refractivity contribution is 0.0926. The predicted octanol–water partition coefficient (Wildman–Crippen LogP) is 10.5. The highest BCUT2D eigenvalue weighted by molar-refractivity contribution is 14.0. The van der Waals surface area contributed by atoms with Crippen molar-refractivity contribution in [3.8, 4) is 5.88 Å². The molecule has 2 saturated carbocycles. The molecular formula is C40H64ClIN6O2S2. The molecule has 0 unspecified atom stereocenters. The fourth-order valence-electron chi connectivity index (χ4n) is 8.28. The van der Waals surface area contributed by atoms with Crippen LogP contribution in [0.2, 0.25) is 5.15 Å². The molecule has 52 heavy (non-hydrogen) atoms. The van der Waals surface area contributed by atoms with Gasteiger partial charge in [0.05, 0.1) is 16.9 Å². The minimum absolute atomic E-state index is 0. The normalized spacial score (nSPS) is 24.0. The van der Waals surface area contributed by atoms with Crippen LogP contribution in [0.1, 0.15) is 128 Å². The summed E-state index contributed by atoms with van der Waals surface area (Å²) in [4.78, 5) is 27.1. The Morgan fingerprint density at radius 3 is 1.63 bits per heavy atom. The van der Waals surface area contributed by atoms with Gasteiger partial charge in [-0.3, -0.25) is 0 Å². The van der Waals surface area contributed by atoms with E-state index < -0.39 is 0 Å². The Morgan fingerprint density at radius 1 is 0.692 bits per heavy atom. The molecule has 4 heterocycles. The van der Waals surface area contributed by atoms with Crippen molar-refractivity contribution in [3.63, 3.8) is 0 Å². The Labute approximate surface area is 343 Å². The fourth-order valence-corrected chi connectivity index (χ4v) is 11.2. The van der Waals surface area contributed by atoms with E-state index in [-0.39, 0.29) is 55.8 Å². The lowest BCUT2D eigenvalue weighted by Gasteiger charge is -2.32. The van der Waals surface area contributed by atoms with Gasteiger partial charge in [0.15, 0.2) is 0 Å². The van der Waals surface area contributed by atoms with Crippen LogP contribution in [-0.4, -0.2) is 87.3 Å². The second-order valence-corrected chi connectivity index (χ2v) is 18.7.